The van der Waals surface area contributed by atoms with E-state index in [9.17, 15) is 4.79 Å². The molecule has 1 aromatic carbocycles. The molecule has 3 rings (SSSR count). The van der Waals surface area contributed by atoms with E-state index < -0.39 is 0 Å². The first-order chi connectivity index (χ1) is 9.72. The van der Waals surface area contributed by atoms with E-state index in [1.165, 1.54) is 11.5 Å². The summed E-state index contributed by atoms with van der Waals surface area (Å²) < 4.78 is 0. The SMILES string of the molecule is Nc1ccc2[nH]c(C(=O)NCC3CSCCS3)cc2c1. The van der Waals surface area contributed by atoms with Gasteiger partial charge in [-0.05, 0) is 24.3 Å². The van der Waals surface area contributed by atoms with Gasteiger partial charge in [0.05, 0.1) is 0 Å². The Morgan fingerprint density at radius 2 is 2.30 bits per heavy atom. The number of benzene rings is 1. The van der Waals surface area contributed by atoms with E-state index in [0.717, 1.165) is 23.2 Å². The standard InChI is InChI=1S/C14H17N3OS2/c15-10-1-2-12-9(5-10)6-13(17-12)14(18)16-7-11-8-19-3-4-20-11/h1-2,5-6,11,17H,3-4,7-8,15H2,(H,16,18). The lowest BCUT2D eigenvalue weighted by atomic mass is 10.2. The van der Waals surface area contributed by atoms with E-state index in [4.69, 9.17) is 5.73 Å². The van der Waals surface area contributed by atoms with Gasteiger partial charge in [-0.15, -0.1) is 0 Å². The number of hydrogen-bond acceptors (Lipinski definition) is 4. The third-order valence-corrected chi connectivity index (χ3v) is 6.11. The summed E-state index contributed by atoms with van der Waals surface area (Å²) in [6, 6.07) is 7.45. The van der Waals surface area contributed by atoms with Crippen molar-refractivity contribution >= 4 is 46.0 Å². The molecule has 0 aliphatic carbocycles. The number of nitrogens with two attached hydrogens (primary N) is 1. The molecule has 6 heteroatoms. The molecule has 1 saturated heterocycles. The Hall–Kier alpha value is -1.27. The van der Waals surface area contributed by atoms with Gasteiger partial charge in [-0.25, -0.2) is 0 Å². The van der Waals surface area contributed by atoms with Crippen LogP contribution in [0.4, 0.5) is 5.69 Å². The van der Waals surface area contributed by atoms with Crippen LogP contribution >= 0.6 is 23.5 Å². The third-order valence-electron chi connectivity index (χ3n) is 3.26. The zero-order valence-corrected chi connectivity index (χ0v) is 12.7. The molecule has 1 aliphatic heterocycles. The molecule has 1 atom stereocenters. The van der Waals surface area contributed by atoms with Gasteiger partial charge in [-0.1, -0.05) is 0 Å². The molecule has 1 amide bonds. The van der Waals surface area contributed by atoms with Gasteiger partial charge < -0.3 is 16.0 Å². The van der Waals surface area contributed by atoms with Crippen molar-refractivity contribution in [2.45, 2.75) is 5.25 Å². The van der Waals surface area contributed by atoms with Gasteiger partial charge in [0, 0.05) is 45.6 Å². The van der Waals surface area contributed by atoms with Gasteiger partial charge in [-0.2, -0.15) is 23.5 Å². The Morgan fingerprint density at radius 1 is 1.40 bits per heavy atom. The maximum Gasteiger partial charge on any atom is 0.267 e. The van der Waals surface area contributed by atoms with Crippen LogP contribution in [-0.4, -0.2) is 39.9 Å². The number of aromatic amines is 1. The molecule has 20 heavy (non-hydrogen) atoms. The molecule has 2 heterocycles. The number of amides is 1. The fraction of sp³-hybridized carbons (Fsp3) is 0.357. The van der Waals surface area contributed by atoms with Crippen molar-refractivity contribution in [2.75, 3.05) is 29.5 Å². The monoisotopic (exact) mass is 307 g/mol. The van der Waals surface area contributed by atoms with Gasteiger partial charge in [0.15, 0.2) is 0 Å². The number of H-pyrrole nitrogens is 1. The van der Waals surface area contributed by atoms with E-state index in [1.54, 1.807) is 0 Å². The van der Waals surface area contributed by atoms with Crippen LogP contribution in [0.5, 0.6) is 0 Å². The van der Waals surface area contributed by atoms with E-state index in [0.29, 0.717) is 16.6 Å². The number of nitrogen functional groups attached to an aromatic ring is 1. The van der Waals surface area contributed by atoms with E-state index in [2.05, 4.69) is 10.3 Å². The number of hydrogen-bond donors (Lipinski definition) is 3. The minimum atomic E-state index is -0.0454. The number of carbonyl (C=O) groups is 1. The number of thioether (sulfide) groups is 2. The second-order valence-electron chi connectivity index (χ2n) is 4.81. The van der Waals surface area contributed by atoms with Crippen LogP contribution in [0.2, 0.25) is 0 Å². The fourth-order valence-electron chi connectivity index (χ4n) is 2.23. The second-order valence-corrected chi connectivity index (χ2v) is 7.37. The Morgan fingerprint density at radius 3 is 3.10 bits per heavy atom. The first-order valence-electron chi connectivity index (χ1n) is 6.58. The Labute approximate surface area is 126 Å². The number of rotatable bonds is 3. The minimum absolute atomic E-state index is 0.0454. The molecule has 1 aliphatic rings. The first kappa shape index (κ1) is 13.7. The van der Waals surface area contributed by atoms with Crippen molar-refractivity contribution in [2.24, 2.45) is 0 Å². The molecule has 0 saturated carbocycles. The normalized spacial score (nSPS) is 19.1. The van der Waals surface area contributed by atoms with Crippen molar-refractivity contribution < 1.29 is 4.79 Å². The summed E-state index contributed by atoms with van der Waals surface area (Å²) in [5, 5.41) is 4.50. The van der Waals surface area contributed by atoms with Gasteiger partial charge >= 0.3 is 0 Å². The predicted octanol–water partition coefficient (Wildman–Crippen LogP) is 2.33. The average molecular weight is 307 g/mol. The molecule has 0 spiro atoms. The minimum Gasteiger partial charge on any atom is -0.399 e. The van der Waals surface area contributed by atoms with Crippen LogP contribution in [0.1, 0.15) is 10.5 Å². The quantitative estimate of drug-likeness (QED) is 0.761. The molecule has 1 aromatic heterocycles. The summed E-state index contributed by atoms with van der Waals surface area (Å²) in [6.45, 7) is 0.730. The lowest BCUT2D eigenvalue weighted by molar-refractivity contribution is 0.0950. The van der Waals surface area contributed by atoms with Crippen molar-refractivity contribution in [3.63, 3.8) is 0 Å². The topological polar surface area (TPSA) is 70.9 Å². The van der Waals surface area contributed by atoms with Crippen molar-refractivity contribution in [1.29, 1.82) is 0 Å². The number of nitrogens with one attached hydrogen (secondary N) is 2. The van der Waals surface area contributed by atoms with Gasteiger partial charge in [-0.3, -0.25) is 4.79 Å². The molecular formula is C14H17N3OS2. The molecule has 0 radical (unpaired) electrons. The lowest BCUT2D eigenvalue weighted by Gasteiger charge is -2.20. The zero-order valence-electron chi connectivity index (χ0n) is 11.0. The zero-order chi connectivity index (χ0) is 13.9. The van der Waals surface area contributed by atoms with E-state index >= 15 is 0 Å². The molecule has 4 nitrogen and oxygen atoms in total. The molecule has 106 valence electrons. The fourth-order valence-corrected chi connectivity index (χ4v) is 4.84. The van der Waals surface area contributed by atoms with Gasteiger partial charge in [0.25, 0.3) is 5.91 Å². The number of aromatic nitrogens is 1. The highest BCUT2D eigenvalue weighted by Crippen LogP contribution is 2.23. The molecular weight excluding hydrogens is 290 g/mol. The highest BCUT2D eigenvalue weighted by molar-refractivity contribution is 8.06. The maximum absolute atomic E-state index is 12.2. The molecule has 2 aromatic rings. The molecule has 1 unspecified atom stereocenters. The van der Waals surface area contributed by atoms with E-state index in [1.807, 2.05) is 47.8 Å². The van der Waals surface area contributed by atoms with Crippen LogP contribution in [0.15, 0.2) is 24.3 Å². The Balaban J connectivity index is 1.65. The largest absolute Gasteiger partial charge is 0.399 e. The first-order valence-corrected chi connectivity index (χ1v) is 8.78. The second kappa shape index (κ2) is 6.01. The summed E-state index contributed by atoms with van der Waals surface area (Å²) in [5.41, 5.74) is 7.99. The highest BCUT2D eigenvalue weighted by atomic mass is 32.2. The molecule has 1 fully saturated rings. The molecule has 0 bridgehead atoms. The number of fused-ring (bicyclic) bond motifs is 1. The van der Waals surface area contributed by atoms with Crippen LogP contribution in [0, 0.1) is 0 Å². The highest BCUT2D eigenvalue weighted by Gasteiger charge is 2.16. The number of anilines is 1. The van der Waals surface area contributed by atoms with Crippen molar-refractivity contribution in [3.05, 3.63) is 30.0 Å². The van der Waals surface area contributed by atoms with Crippen LogP contribution < -0.4 is 11.1 Å². The summed E-state index contributed by atoms with van der Waals surface area (Å²) in [6.07, 6.45) is 0. The number of carbonyl (C=O) groups excluding carboxylic acids is 1. The predicted molar refractivity (Wildman–Crippen MR) is 88.6 cm³/mol. The molecule has 4 N–H and O–H groups in total. The Bertz CT molecular complexity index is 620. The summed E-state index contributed by atoms with van der Waals surface area (Å²) in [7, 11) is 0. The van der Waals surface area contributed by atoms with Gasteiger partial charge in [0.2, 0.25) is 0 Å². The third kappa shape index (κ3) is 3.07. The summed E-state index contributed by atoms with van der Waals surface area (Å²) in [4.78, 5) is 15.3. The summed E-state index contributed by atoms with van der Waals surface area (Å²) in [5.74, 6) is 3.47. The van der Waals surface area contributed by atoms with Crippen molar-refractivity contribution in [1.82, 2.24) is 10.3 Å². The average Bonchev–Trinajstić information content (AvgIpc) is 2.89. The smallest absolute Gasteiger partial charge is 0.267 e. The maximum atomic E-state index is 12.2. The van der Waals surface area contributed by atoms with Crippen molar-refractivity contribution in [3.8, 4) is 0 Å². The lowest BCUT2D eigenvalue weighted by Crippen LogP contribution is -2.33. The summed E-state index contributed by atoms with van der Waals surface area (Å²) >= 11 is 3.91. The van der Waals surface area contributed by atoms with Gasteiger partial charge in [0.1, 0.15) is 5.69 Å². The van der Waals surface area contributed by atoms with Crippen LogP contribution in [0.3, 0.4) is 0 Å². The Kier molecular flexibility index (Phi) is 4.12. The van der Waals surface area contributed by atoms with E-state index in [-0.39, 0.29) is 5.91 Å². The van der Waals surface area contributed by atoms with Crippen LogP contribution in [-0.2, 0) is 0 Å². The van der Waals surface area contributed by atoms with Crippen LogP contribution in [0.25, 0.3) is 10.9 Å².